The van der Waals surface area contributed by atoms with Gasteiger partial charge in [0.2, 0.25) is 5.91 Å². The number of nitrogens with zero attached hydrogens (tertiary/aromatic N) is 3. The number of pyridine rings is 1. The molecule has 3 aliphatic rings. The molecule has 5 nitrogen and oxygen atoms in total. The molecule has 1 saturated carbocycles. The molecule has 2 aromatic heterocycles. The first-order valence-corrected chi connectivity index (χ1v) is 9.06. The Hall–Kier alpha value is -1.88. The zero-order valence-corrected chi connectivity index (χ0v) is 13.8. The molecular formula is C19H23N3O2. The van der Waals surface area contributed by atoms with Crippen LogP contribution in [-0.4, -0.2) is 43.1 Å². The first kappa shape index (κ1) is 14.5. The second-order valence-electron chi connectivity index (χ2n) is 7.92. The van der Waals surface area contributed by atoms with Crippen LogP contribution < -0.4 is 0 Å². The Bertz CT molecular complexity index is 781. The molecular weight excluding hydrogens is 302 g/mol. The maximum absolute atomic E-state index is 12.6. The third kappa shape index (κ3) is 2.25. The number of piperidine rings is 1. The van der Waals surface area contributed by atoms with Gasteiger partial charge in [0.1, 0.15) is 0 Å². The lowest BCUT2D eigenvalue weighted by atomic mass is 9.85. The Morgan fingerprint density at radius 3 is 2.67 bits per heavy atom. The maximum Gasteiger partial charge on any atom is 0.226 e. The van der Waals surface area contributed by atoms with E-state index in [-0.39, 0.29) is 18.0 Å². The van der Waals surface area contributed by atoms with Crippen molar-refractivity contribution >= 4 is 16.8 Å². The van der Waals surface area contributed by atoms with Crippen molar-refractivity contribution < 1.29 is 9.90 Å². The number of rotatable bonds is 3. The first-order chi connectivity index (χ1) is 11.6. The summed E-state index contributed by atoms with van der Waals surface area (Å²) in [6.45, 7) is 0.584. The van der Waals surface area contributed by atoms with E-state index in [1.54, 1.807) is 6.20 Å². The molecule has 1 aliphatic carbocycles. The summed E-state index contributed by atoms with van der Waals surface area (Å²) in [7, 11) is 0. The highest BCUT2D eigenvalue weighted by Crippen LogP contribution is 2.44. The number of carbonyl (C=O) groups excluding carboxylic acids is 1. The van der Waals surface area contributed by atoms with Gasteiger partial charge in [-0.05, 0) is 50.7 Å². The van der Waals surface area contributed by atoms with Gasteiger partial charge in [0, 0.05) is 35.8 Å². The van der Waals surface area contributed by atoms with Gasteiger partial charge in [-0.1, -0.05) is 0 Å². The zero-order chi connectivity index (χ0) is 16.3. The van der Waals surface area contributed by atoms with Crippen LogP contribution in [0.3, 0.4) is 0 Å². The minimum absolute atomic E-state index is 0.224. The first-order valence-electron chi connectivity index (χ1n) is 9.06. The topological polar surface area (TPSA) is 58.4 Å². The smallest absolute Gasteiger partial charge is 0.226 e. The number of amides is 1. The highest BCUT2D eigenvalue weighted by atomic mass is 16.3. The molecule has 126 valence electrons. The van der Waals surface area contributed by atoms with Crippen LogP contribution in [0.25, 0.3) is 10.9 Å². The Labute approximate surface area is 141 Å². The Morgan fingerprint density at radius 1 is 1.21 bits per heavy atom. The van der Waals surface area contributed by atoms with Gasteiger partial charge in [-0.25, -0.2) is 0 Å². The van der Waals surface area contributed by atoms with Crippen molar-refractivity contribution in [1.82, 2.24) is 14.5 Å². The third-order valence-electron chi connectivity index (χ3n) is 6.07. The molecule has 3 fully saturated rings. The Morgan fingerprint density at radius 2 is 1.96 bits per heavy atom. The van der Waals surface area contributed by atoms with Gasteiger partial charge < -0.3 is 14.6 Å². The molecule has 2 aromatic rings. The van der Waals surface area contributed by atoms with Crippen molar-refractivity contribution in [2.24, 2.45) is 5.92 Å². The minimum atomic E-state index is -0.728. The van der Waals surface area contributed by atoms with E-state index < -0.39 is 5.60 Å². The highest BCUT2D eigenvalue weighted by Gasteiger charge is 2.51. The minimum Gasteiger partial charge on any atom is -0.388 e. The quantitative estimate of drug-likeness (QED) is 0.942. The van der Waals surface area contributed by atoms with Gasteiger partial charge >= 0.3 is 0 Å². The van der Waals surface area contributed by atoms with Gasteiger partial charge in [0.15, 0.2) is 0 Å². The highest BCUT2D eigenvalue weighted by molar-refractivity contribution is 5.82. The van der Waals surface area contributed by atoms with E-state index in [1.165, 1.54) is 0 Å². The van der Waals surface area contributed by atoms with Gasteiger partial charge in [-0.3, -0.25) is 9.78 Å². The van der Waals surface area contributed by atoms with Crippen LogP contribution in [0.1, 0.15) is 38.5 Å². The van der Waals surface area contributed by atoms with Crippen LogP contribution in [0.5, 0.6) is 0 Å². The molecule has 0 aromatic carbocycles. The number of carbonyl (C=O) groups is 1. The van der Waals surface area contributed by atoms with Crippen molar-refractivity contribution in [1.29, 1.82) is 0 Å². The molecule has 1 amide bonds. The fourth-order valence-corrected chi connectivity index (χ4v) is 4.84. The lowest BCUT2D eigenvalue weighted by molar-refractivity contribution is -0.143. The molecule has 24 heavy (non-hydrogen) atoms. The van der Waals surface area contributed by atoms with Crippen molar-refractivity contribution in [3.63, 3.8) is 0 Å². The van der Waals surface area contributed by atoms with Gasteiger partial charge in [0.25, 0.3) is 0 Å². The SMILES string of the molecule is O=C(C1CC1)N1[C@@H]2CC[C@@H]1CC(O)(Cn1ccc3ccncc31)C2. The normalized spacial score (nSPS) is 32.5. The van der Waals surface area contributed by atoms with Crippen LogP contribution in [-0.2, 0) is 11.3 Å². The summed E-state index contributed by atoms with van der Waals surface area (Å²) >= 11 is 0. The number of aromatic nitrogens is 2. The molecule has 5 heteroatoms. The lowest BCUT2D eigenvalue weighted by Crippen LogP contribution is -2.55. The summed E-state index contributed by atoms with van der Waals surface area (Å²) in [6, 6.07) is 4.51. The molecule has 4 heterocycles. The molecule has 0 unspecified atom stereocenters. The largest absolute Gasteiger partial charge is 0.388 e. The van der Waals surface area contributed by atoms with Crippen LogP contribution in [0, 0.1) is 5.92 Å². The summed E-state index contributed by atoms with van der Waals surface area (Å²) in [4.78, 5) is 18.9. The van der Waals surface area contributed by atoms with Gasteiger partial charge in [-0.15, -0.1) is 0 Å². The molecule has 5 rings (SSSR count). The van der Waals surface area contributed by atoms with E-state index in [2.05, 4.69) is 20.5 Å². The van der Waals surface area contributed by atoms with E-state index >= 15 is 0 Å². The van der Waals surface area contributed by atoms with Crippen LogP contribution >= 0.6 is 0 Å². The average Bonchev–Trinajstić information content (AvgIpc) is 3.29. The second-order valence-corrected chi connectivity index (χ2v) is 7.92. The summed E-state index contributed by atoms with van der Waals surface area (Å²) in [5.74, 6) is 0.624. The van der Waals surface area contributed by atoms with Crippen molar-refractivity contribution in [3.05, 3.63) is 30.7 Å². The lowest BCUT2D eigenvalue weighted by Gasteiger charge is -2.44. The monoisotopic (exact) mass is 325 g/mol. The summed E-state index contributed by atoms with van der Waals surface area (Å²) in [5, 5.41) is 12.4. The molecule has 0 radical (unpaired) electrons. The van der Waals surface area contributed by atoms with Crippen molar-refractivity contribution in [2.75, 3.05) is 0 Å². The van der Waals surface area contributed by atoms with Gasteiger partial charge in [-0.2, -0.15) is 0 Å². The molecule has 2 bridgehead atoms. The predicted molar refractivity (Wildman–Crippen MR) is 90.3 cm³/mol. The fraction of sp³-hybridized carbons (Fsp3) is 0.579. The third-order valence-corrected chi connectivity index (χ3v) is 6.07. The van der Waals surface area contributed by atoms with Crippen LogP contribution in [0.15, 0.2) is 30.7 Å². The van der Waals surface area contributed by atoms with E-state index in [1.807, 2.05) is 18.5 Å². The van der Waals surface area contributed by atoms with Crippen LogP contribution in [0.4, 0.5) is 0 Å². The van der Waals surface area contributed by atoms with E-state index in [9.17, 15) is 9.90 Å². The van der Waals surface area contributed by atoms with E-state index in [0.29, 0.717) is 25.3 Å². The second kappa shape index (κ2) is 5.06. The number of fused-ring (bicyclic) bond motifs is 3. The molecule has 2 atom stereocenters. The fourth-order valence-electron chi connectivity index (χ4n) is 4.84. The van der Waals surface area contributed by atoms with Crippen molar-refractivity contribution in [2.45, 2.75) is 62.8 Å². The molecule has 2 aliphatic heterocycles. The summed E-state index contributed by atoms with van der Waals surface area (Å²) < 4.78 is 2.11. The molecule has 0 spiro atoms. The standard InChI is InChI=1S/C19H23N3O2/c23-18(14-1-2-14)22-15-3-4-16(22)10-19(24,9-15)12-21-8-6-13-5-7-20-11-17(13)21/h5-8,11,14-16,24H,1-4,9-10,12H2/t15-,16-/m1/s1. The maximum atomic E-state index is 12.6. The predicted octanol–water partition coefficient (Wildman–Crippen LogP) is 2.33. The van der Waals surface area contributed by atoms with E-state index in [0.717, 1.165) is 36.6 Å². The Kier molecular flexibility index (Phi) is 3.05. The van der Waals surface area contributed by atoms with Gasteiger partial charge in [0.05, 0.1) is 23.9 Å². The Balaban J connectivity index is 1.38. The zero-order valence-electron chi connectivity index (χ0n) is 13.8. The molecule has 1 N–H and O–H groups in total. The number of hydrogen-bond acceptors (Lipinski definition) is 3. The average molecular weight is 325 g/mol. The van der Waals surface area contributed by atoms with E-state index in [4.69, 9.17) is 0 Å². The number of hydrogen-bond donors (Lipinski definition) is 1. The van der Waals surface area contributed by atoms with Crippen LogP contribution in [0.2, 0.25) is 0 Å². The number of aliphatic hydroxyl groups is 1. The summed E-state index contributed by atoms with van der Waals surface area (Å²) in [5.41, 5.74) is 0.336. The molecule has 2 saturated heterocycles. The van der Waals surface area contributed by atoms with Crippen molar-refractivity contribution in [3.8, 4) is 0 Å². The summed E-state index contributed by atoms with van der Waals surface area (Å²) in [6.07, 6.45) is 11.3.